The molecule has 0 radical (unpaired) electrons. The molecule has 2 aliphatic rings. The van der Waals surface area contributed by atoms with Crippen LogP contribution in [-0.4, -0.2) is 34.4 Å². The van der Waals surface area contributed by atoms with E-state index in [1.807, 2.05) is 6.08 Å². The minimum absolute atomic E-state index is 0.158. The highest BCUT2D eigenvalue weighted by Crippen LogP contribution is 2.37. The molecule has 2 unspecified atom stereocenters. The summed E-state index contributed by atoms with van der Waals surface area (Å²) in [4.78, 5) is 11.3. The Hall–Kier alpha value is -1.93. The molecule has 8 heteroatoms. The Morgan fingerprint density at radius 1 is 1.43 bits per heavy atom. The minimum atomic E-state index is -1.89. The number of nitrogens with one attached hydrogen (secondary N) is 2. The number of anilines is 1. The van der Waals surface area contributed by atoms with Crippen molar-refractivity contribution in [1.29, 1.82) is 0 Å². The van der Waals surface area contributed by atoms with Crippen molar-refractivity contribution >= 4 is 28.3 Å². The predicted octanol–water partition coefficient (Wildman–Crippen LogP) is 1.06. The molecule has 0 aromatic heterocycles. The van der Waals surface area contributed by atoms with Gasteiger partial charge in [0.05, 0.1) is 0 Å². The van der Waals surface area contributed by atoms with Crippen LogP contribution in [0.2, 0.25) is 0 Å². The van der Waals surface area contributed by atoms with Crippen molar-refractivity contribution in [2.24, 2.45) is 5.92 Å². The zero-order valence-electron chi connectivity index (χ0n) is 12.8. The molecule has 23 heavy (non-hydrogen) atoms. The molecule has 1 fully saturated rings. The number of halogens is 1. The highest BCUT2D eigenvalue weighted by molar-refractivity contribution is 7.85. The van der Waals surface area contributed by atoms with Gasteiger partial charge >= 0.3 is 0 Å². The third-order valence-electron chi connectivity index (χ3n) is 4.01. The van der Waals surface area contributed by atoms with Gasteiger partial charge < -0.3 is 10.4 Å². The molecule has 0 aliphatic carbocycles. The van der Waals surface area contributed by atoms with Crippen LogP contribution in [0.5, 0.6) is 5.75 Å². The summed E-state index contributed by atoms with van der Waals surface area (Å²) in [6.45, 7) is 4.40. The van der Waals surface area contributed by atoms with Crippen LogP contribution >= 0.6 is 0 Å². The number of phenolic OH excluding ortho intramolecular Hbond substituents is 1. The van der Waals surface area contributed by atoms with E-state index >= 15 is 0 Å². The summed E-state index contributed by atoms with van der Waals surface area (Å²) >= 11 is -1.89. The molecular weight excluding hydrogens is 321 g/mol. The van der Waals surface area contributed by atoms with Gasteiger partial charge in [-0.1, -0.05) is 19.9 Å². The Morgan fingerprint density at radius 2 is 2.17 bits per heavy atom. The highest BCUT2D eigenvalue weighted by atomic mass is 32.2. The second-order valence-electron chi connectivity index (χ2n) is 5.95. The average Bonchev–Trinajstić information content (AvgIpc) is 3.07. The Kier molecular flexibility index (Phi) is 4.11. The third-order valence-corrected chi connectivity index (χ3v) is 5.12. The van der Waals surface area contributed by atoms with E-state index in [1.54, 1.807) is 0 Å². The standard InChI is InChI=1S/C15H18FN3O3S/c1-8(2)11-5-9(6-17-11)10-3-4-12(20)15(14(10)16)19-7-13(21)18-23(19)22/h3-5,8,11,17,20H,6-7H2,1-2H3,(H,18,21). The lowest BCUT2D eigenvalue weighted by Gasteiger charge is -2.18. The second kappa shape index (κ2) is 5.93. The lowest BCUT2D eigenvalue weighted by atomic mass is 10.0. The molecule has 1 amide bonds. The van der Waals surface area contributed by atoms with Gasteiger partial charge in [0.2, 0.25) is 11.2 Å². The van der Waals surface area contributed by atoms with Gasteiger partial charge in [0.1, 0.15) is 18.0 Å². The van der Waals surface area contributed by atoms with Crippen LogP contribution in [0.15, 0.2) is 18.2 Å². The van der Waals surface area contributed by atoms with Gasteiger partial charge in [-0.25, -0.2) is 8.60 Å². The number of carbonyl (C=O) groups excluding carboxylic acids is 1. The fourth-order valence-corrected chi connectivity index (χ4v) is 3.69. The van der Waals surface area contributed by atoms with Gasteiger partial charge in [0, 0.05) is 18.2 Å². The van der Waals surface area contributed by atoms with E-state index in [9.17, 15) is 18.5 Å². The summed E-state index contributed by atoms with van der Waals surface area (Å²) in [6, 6.07) is 3.02. The molecule has 1 aromatic carbocycles. The van der Waals surface area contributed by atoms with Gasteiger partial charge in [0.15, 0.2) is 5.82 Å². The fourth-order valence-electron chi connectivity index (χ4n) is 2.75. The lowest BCUT2D eigenvalue weighted by molar-refractivity contribution is -0.117. The quantitative estimate of drug-likeness (QED) is 0.769. The molecule has 1 aromatic rings. The molecule has 3 N–H and O–H groups in total. The first kappa shape index (κ1) is 15.9. The summed E-state index contributed by atoms with van der Waals surface area (Å²) in [5, 5.41) is 13.3. The summed E-state index contributed by atoms with van der Waals surface area (Å²) in [6.07, 6.45) is 1.97. The molecular formula is C15H18FN3O3S. The summed E-state index contributed by atoms with van der Waals surface area (Å²) < 4.78 is 30.0. The molecule has 1 saturated heterocycles. The minimum Gasteiger partial charge on any atom is -0.506 e. The third kappa shape index (κ3) is 2.84. The van der Waals surface area contributed by atoms with Crippen LogP contribution in [0.4, 0.5) is 10.1 Å². The Balaban J connectivity index is 2.02. The molecule has 2 atom stereocenters. The molecule has 2 aliphatic heterocycles. The molecule has 0 spiro atoms. The van der Waals surface area contributed by atoms with E-state index in [1.165, 1.54) is 12.1 Å². The van der Waals surface area contributed by atoms with Gasteiger partial charge in [-0.2, -0.15) is 0 Å². The largest absolute Gasteiger partial charge is 0.506 e. The van der Waals surface area contributed by atoms with E-state index < -0.39 is 22.9 Å². The van der Waals surface area contributed by atoms with Gasteiger partial charge in [-0.3, -0.25) is 13.8 Å². The second-order valence-corrected chi connectivity index (χ2v) is 7.09. The van der Waals surface area contributed by atoms with Crippen LogP contribution in [0.1, 0.15) is 19.4 Å². The molecule has 2 heterocycles. The number of amides is 1. The van der Waals surface area contributed by atoms with Gasteiger partial charge in [-0.05, 0) is 23.6 Å². The maximum Gasteiger partial charge on any atom is 0.253 e. The smallest absolute Gasteiger partial charge is 0.253 e. The van der Waals surface area contributed by atoms with Gasteiger partial charge in [0.25, 0.3) is 5.91 Å². The van der Waals surface area contributed by atoms with Crippen molar-refractivity contribution in [2.75, 3.05) is 17.4 Å². The van der Waals surface area contributed by atoms with E-state index in [0.29, 0.717) is 18.0 Å². The summed E-state index contributed by atoms with van der Waals surface area (Å²) in [5.41, 5.74) is 0.907. The number of carbonyl (C=O) groups is 1. The van der Waals surface area contributed by atoms with Gasteiger partial charge in [-0.15, -0.1) is 0 Å². The number of hydrogen-bond acceptors (Lipinski definition) is 4. The lowest BCUT2D eigenvalue weighted by Crippen LogP contribution is -2.27. The number of nitrogens with zero attached hydrogens (tertiary/aromatic N) is 1. The first-order valence-corrected chi connectivity index (χ1v) is 8.44. The first-order valence-electron chi connectivity index (χ1n) is 7.33. The highest BCUT2D eigenvalue weighted by Gasteiger charge is 2.33. The number of benzene rings is 1. The van der Waals surface area contributed by atoms with Crippen molar-refractivity contribution in [1.82, 2.24) is 10.0 Å². The number of hydrogen-bond donors (Lipinski definition) is 3. The Morgan fingerprint density at radius 3 is 2.74 bits per heavy atom. The summed E-state index contributed by atoms with van der Waals surface area (Å²) in [5.74, 6) is -1.12. The number of aromatic hydroxyl groups is 1. The van der Waals surface area contributed by atoms with Crippen LogP contribution in [-0.2, 0) is 16.0 Å². The summed E-state index contributed by atoms with van der Waals surface area (Å²) in [7, 11) is 0. The molecule has 124 valence electrons. The fraction of sp³-hybridized carbons (Fsp3) is 0.400. The van der Waals surface area contributed by atoms with Crippen molar-refractivity contribution in [3.8, 4) is 5.75 Å². The van der Waals surface area contributed by atoms with E-state index in [4.69, 9.17) is 0 Å². The van der Waals surface area contributed by atoms with Crippen LogP contribution < -0.4 is 14.3 Å². The SMILES string of the molecule is CC(C)C1C=C(c2ccc(O)c(N3CC(=O)NS3=O)c2F)CN1. The molecule has 6 nitrogen and oxygen atoms in total. The van der Waals surface area contributed by atoms with E-state index in [0.717, 1.165) is 9.88 Å². The monoisotopic (exact) mass is 339 g/mol. The number of rotatable bonds is 3. The van der Waals surface area contributed by atoms with Crippen molar-refractivity contribution in [3.05, 3.63) is 29.6 Å². The van der Waals surface area contributed by atoms with Crippen LogP contribution in [0.3, 0.4) is 0 Å². The van der Waals surface area contributed by atoms with Crippen molar-refractivity contribution in [2.45, 2.75) is 19.9 Å². The predicted molar refractivity (Wildman–Crippen MR) is 86.3 cm³/mol. The Labute approximate surface area is 136 Å². The van der Waals surface area contributed by atoms with Crippen LogP contribution in [0, 0.1) is 11.7 Å². The topological polar surface area (TPSA) is 81.7 Å². The first-order chi connectivity index (χ1) is 10.9. The normalized spacial score (nSPS) is 24.3. The zero-order chi connectivity index (χ0) is 16.7. The number of phenols is 1. The maximum atomic E-state index is 14.9. The van der Waals surface area contributed by atoms with Crippen molar-refractivity contribution < 1.29 is 18.5 Å². The molecule has 3 rings (SSSR count). The molecule has 0 saturated carbocycles. The zero-order valence-corrected chi connectivity index (χ0v) is 13.6. The van der Waals surface area contributed by atoms with E-state index in [-0.39, 0.29) is 24.0 Å². The average molecular weight is 339 g/mol. The van der Waals surface area contributed by atoms with E-state index in [2.05, 4.69) is 23.9 Å². The van der Waals surface area contributed by atoms with Crippen LogP contribution in [0.25, 0.3) is 5.57 Å². The Bertz CT molecular complexity index is 720. The molecule has 0 bridgehead atoms. The van der Waals surface area contributed by atoms with Crippen molar-refractivity contribution in [3.63, 3.8) is 0 Å². The maximum absolute atomic E-state index is 14.9.